The third-order valence-corrected chi connectivity index (χ3v) is 2.22. The van der Waals surface area contributed by atoms with E-state index in [1.165, 1.54) is 6.20 Å². The Bertz CT molecular complexity index is 396. The minimum Gasteiger partial charge on any atom is -0.326 e. The molecule has 0 aliphatic heterocycles. The van der Waals surface area contributed by atoms with Crippen LogP contribution in [0.2, 0.25) is 0 Å². The maximum Gasteiger partial charge on any atom is 0.264 e. The summed E-state index contributed by atoms with van der Waals surface area (Å²) in [5.74, 6) is 0. The van der Waals surface area contributed by atoms with E-state index in [0.717, 1.165) is 0 Å². The van der Waals surface area contributed by atoms with Gasteiger partial charge in [0.1, 0.15) is 0 Å². The number of rotatable bonds is 3. The molecule has 0 aromatic carbocycles. The van der Waals surface area contributed by atoms with Gasteiger partial charge in [0.15, 0.2) is 0 Å². The standard InChI is InChI=1S/C10H11F2N3/c1-6-8(2-3-13)9(10(11)12)7(4-14)5-15-6/h5,10H,2,4,14H2,1H3. The molecule has 0 fully saturated rings. The van der Waals surface area contributed by atoms with Gasteiger partial charge in [-0.3, -0.25) is 4.98 Å². The second-order valence-electron chi connectivity index (χ2n) is 3.10. The van der Waals surface area contributed by atoms with Crippen molar-refractivity contribution in [2.45, 2.75) is 26.3 Å². The van der Waals surface area contributed by atoms with E-state index < -0.39 is 6.43 Å². The van der Waals surface area contributed by atoms with Gasteiger partial charge in [-0.25, -0.2) is 8.78 Å². The van der Waals surface area contributed by atoms with Gasteiger partial charge in [0.25, 0.3) is 6.43 Å². The van der Waals surface area contributed by atoms with Gasteiger partial charge >= 0.3 is 0 Å². The first-order valence-electron chi connectivity index (χ1n) is 4.44. The summed E-state index contributed by atoms with van der Waals surface area (Å²) >= 11 is 0. The molecular formula is C10H11F2N3. The van der Waals surface area contributed by atoms with E-state index in [-0.39, 0.29) is 18.5 Å². The Morgan fingerprint density at radius 1 is 1.60 bits per heavy atom. The van der Waals surface area contributed by atoms with Crippen LogP contribution in [0.15, 0.2) is 6.20 Å². The molecule has 1 aromatic rings. The average Bonchev–Trinajstić information content (AvgIpc) is 2.20. The molecule has 3 nitrogen and oxygen atoms in total. The van der Waals surface area contributed by atoms with Gasteiger partial charge in [-0.2, -0.15) is 5.26 Å². The van der Waals surface area contributed by atoms with Gasteiger partial charge in [-0.15, -0.1) is 0 Å². The van der Waals surface area contributed by atoms with Gasteiger partial charge in [0, 0.05) is 24.0 Å². The SMILES string of the molecule is Cc1ncc(CN)c(C(F)F)c1CC#N. The fourth-order valence-electron chi connectivity index (χ4n) is 1.45. The molecule has 5 heteroatoms. The lowest BCUT2D eigenvalue weighted by Crippen LogP contribution is -2.08. The first-order valence-corrected chi connectivity index (χ1v) is 4.44. The topological polar surface area (TPSA) is 62.7 Å². The van der Waals surface area contributed by atoms with E-state index >= 15 is 0 Å². The third kappa shape index (κ3) is 2.28. The molecule has 80 valence electrons. The Kier molecular flexibility index (Phi) is 3.69. The minimum absolute atomic E-state index is 0.00534. The van der Waals surface area contributed by atoms with Crippen molar-refractivity contribution in [2.24, 2.45) is 5.73 Å². The van der Waals surface area contributed by atoms with Crippen LogP contribution in [0.25, 0.3) is 0 Å². The number of pyridine rings is 1. The van der Waals surface area contributed by atoms with E-state index in [4.69, 9.17) is 11.0 Å². The predicted octanol–water partition coefficient (Wildman–Crippen LogP) is 1.85. The van der Waals surface area contributed by atoms with Crippen molar-refractivity contribution in [3.63, 3.8) is 0 Å². The van der Waals surface area contributed by atoms with Crippen molar-refractivity contribution in [1.29, 1.82) is 5.26 Å². The predicted molar refractivity (Wildman–Crippen MR) is 51.1 cm³/mol. The molecule has 1 aromatic heterocycles. The zero-order valence-corrected chi connectivity index (χ0v) is 8.30. The largest absolute Gasteiger partial charge is 0.326 e. The van der Waals surface area contributed by atoms with Crippen LogP contribution in [0, 0.1) is 18.3 Å². The zero-order chi connectivity index (χ0) is 11.4. The highest BCUT2D eigenvalue weighted by molar-refractivity contribution is 5.38. The molecule has 0 amide bonds. The molecule has 2 N–H and O–H groups in total. The summed E-state index contributed by atoms with van der Waals surface area (Å²) in [4.78, 5) is 3.95. The first-order chi connectivity index (χ1) is 7.11. The molecule has 0 saturated heterocycles. The summed E-state index contributed by atoms with van der Waals surface area (Å²) in [6, 6.07) is 1.86. The molecule has 0 radical (unpaired) electrons. The lowest BCUT2D eigenvalue weighted by molar-refractivity contribution is 0.149. The number of hydrogen-bond donors (Lipinski definition) is 1. The number of halogens is 2. The Labute approximate surface area is 86.5 Å². The molecule has 0 atom stereocenters. The molecule has 1 rings (SSSR count). The molecule has 0 saturated carbocycles. The van der Waals surface area contributed by atoms with Gasteiger partial charge < -0.3 is 5.73 Å². The maximum atomic E-state index is 12.8. The number of aromatic nitrogens is 1. The molecule has 0 unspecified atom stereocenters. The summed E-state index contributed by atoms with van der Waals surface area (Å²) in [6.45, 7) is 1.62. The summed E-state index contributed by atoms with van der Waals surface area (Å²) in [5.41, 5.74) is 6.28. The highest BCUT2D eigenvalue weighted by Crippen LogP contribution is 2.28. The highest BCUT2D eigenvalue weighted by atomic mass is 19.3. The third-order valence-electron chi connectivity index (χ3n) is 2.22. The number of aryl methyl sites for hydroxylation is 1. The first kappa shape index (κ1) is 11.5. The van der Waals surface area contributed by atoms with Crippen LogP contribution in [-0.4, -0.2) is 4.98 Å². The maximum absolute atomic E-state index is 12.8. The van der Waals surface area contributed by atoms with Crippen molar-refractivity contribution in [3.05, 3.63) is 28.6 Å². The minimum atomic E-state index is -2.62. The van der Waals surface area contributed by atoms with Crippen molar-refractivity contribution in [3.8, 4) is 6.07 Å². The molecule has 0 spiro atoms. The Hall–Kier alpha value is -1.54. The lowest BCUT2D eigenvalue weighted by Gasteiger charge is -2.12. The molecule has 15 heavy (non-hydrogen) atoms. The van der Waals surface area contributed by atoms with Crippen LogP contribution in [-0.2, 0) is 13.0 Å². The van der Waals surface area contributed by atoms with Crippen LogP contribution in [0.4, 0.5) is 8.78 Å². The van der Waals surface area contributed by atoms with E-state index in [1.54, 1.807) is 6.92 Å². The van der Waals surface area contributed by atoms with Crippen molar-refractivity contribution in [2.75, 3.05) is 0 Å². The number of nitrogens with two attached hydrogens (primary N) is 1. The highest BCUT2D eigenvalue weighted by Gasteiger charge is 2.19. The van der Waals surface area contributed by atoms with Gasteiger partial charge in [-0.05, 0) is 18.1 Å². The quantitative estimate of drug-likeness (QED) is 0.829. The van der Waals surface area contributed by atoms with Gasteiger partial charge in [-0.1, -0.05) is 0 Å². The number of hydrogen-bond acceptors (Lipinski definition) is 3. The summed E-state index contributed by atoms with van der Waals surface area (Å²) in [7, 11) is 0. The average molecular weight is 211 g/mol. The van der Waals surface area contributed by atoms with Crippen LogP contribution < -0.4 is 5.73 Å². The fraction of sp³-hybridized carbons (Fsp3) is 0.400. The second kappa shape index (κ2) is 4.80. The Balaban J connectivity index is 3.38. The van der Waals surface area contributed by atoms with Gasteiger partial charge in [0.2, 0.25) is 0 Å². The van der Waals surface area contributed by atoms with Crippen LogP contribution in [0.5, 0.6) is 0 Å². The molecule has 0 aliphatic rings. The lowest BCUT2D eigenvalue weighted by atomic mass is 9.99. The fourth-order valence-corrected chi connectivity index (χ4v) is 1.45. The van der Waals surface area contributed by atoms with E-state index in [2.05, 4.69) is 4.98 Å². The summed E-state index contributed by atoms with van der Waals surface area (Å²) in [5, 5.41) is 8.56. The van der Waals surface area contributed by atoms with E-state index in [1.807, 2.05) is 6.07 Å². The zero-order valence-electron chi connectivity index (χ0n) is 8.30. The molecule has 1 heterocycles. The van der Waals surface area contributed by atoms with Crippen molar-refractivity contribution >= 4 is 0 Å². The Morgan fingerprint density at radius 2 is 2.27 bits per heavy atom. The van der Waals surface area contributed by atoms with E-state index in [9.17, 15) is 8.78 Å². The molecular weight excluding hydrogens is 200 g/mol. The Morgan fingerprint density at radius 3 is 2.73 bits per heavy atom. The van der Waals surface area contributed by atoms with E-state index in [0.29, 0.717) is 16.8 Å². The van der Waals surface area contributed by atoms with Crippen molar-refractivity contribution in [1.82, 2.24) is 4.98 Å². The summed E-state index contributed by atoms with van der Waals surface area (Å²) < 4.78 is 25.6. The monoisotopic (exact) mass is 211 g/mol. The van der Waals surface area contributed by atoms with Crippen LogP contribution in [0.3, 0.4) is 0 Å². The number of nitriles is 1. The number of alkyl halides is 2. The van der Waals surface area contributed by atoms with Crippen LogP contribution >= 0.6 is 0 Å². The van der Waals surface area contributed by atoms with Crippen molar-refractivity contribution < 1.29 is 8.78 Å². The summed E-state index contributed by atoms with van der Waals surface area (Å²) in [6.07, 6.45) is -1.34. The normalized spacial score (nSPS) is 10.4. The second-order valence-corrected chi connectivity index (χ2v) is 3.10. The molecule has 0 bridgehead atoms. The number of nitrogens with zero attached hydrogens (tertiary/aromatic N) is 2. The van der Waals surface area contributed by atoms with Crippen LogP contribution in [0.1, 0.15) is 28.8 Å². The smallest absolute Gasteiger partial charge is 0.264 e. The van der Waals surface area contributed by atoms with Gasteiger partial charge in [0.05, 0.1) is 12.5 Å². The molecule has 0 aliphatic carbocycles.